The van der Waals surface area contributed by atoms with Gasteiger partial charge in [0.1, 0.15) is 5.82 Å². The number of nitrogens with zero attached hydrogens (tertiary/aromatic N) is 2. The van der Waals surface area contributed by atoms with Crippen LogP contribution >= 0.6 is 0 Å². The third kappa shape index (κ3) is 3.63. The normalized spacial score (nSPS) is 10.6. The summed E-state index contributed by atoms with van der Waals surface area (Å²) in [5.41, 5.74) is 2.03. The number of halogens is 1. The minimum absolute atomic E-state index is 0.0337. The van der Waals surface area contributed by atoms with Crippen LogP contribution in [0.1, 0.15) is 15.9 Å². The maximum atomic E-state index is 12.7. The van der Waals surface area contributed by atoms with Gasteiger partial charge in [0.15, 0.2) is 0 Å². The van der Waals surface area contributed by atoms with E-state index in [0.717, 1.165) is 36.5 Å². The number of benzene rings is 2. The molecule has 2 aromatic rings. The molecular weight excluding hydrogens is 293 g/mol. The zero-order valence-electron chi connectivity index (χ0n) is 11.0. The van der Waals surface area contributed by atoms with Gasteiger partial charge in [-0.3, -0.25) is 14.9 Å². The van der Waals surface area contributed by atoms with Crippen molar-refractivity contribution in [2.45, 2.75) is 0 Å². The number of carbonyl (C=O) groups is 1. The highest BCUT2D eigenvalue weighted by Crippen LogP contribution is 2.18. The summed E-state index contributed by atoms with van der Waals surface area (Å²) in [5.74, 6) is -1.55. The Morgan fingerprint density at radius 3 is 2.55 bits per heavy atom. The number of carbonyl (C=O) groups excluding carboxylic acids is 1. The van der Waals surface area contributed by atoms with E-state index in [0.29, 0.717) is 0 Å². The lowest BCUT2D eigenvalue weighted by Crippen LogP contribution is -2.17. The molecule has 2 aromatic carbocycles. The molecule has 0 bridgehead atoms. The highest BCUT2D eigenvalue weighted by molar-refractivity contribution is 5.95. The Balaban J connectivity index is 2.09. The Labute approximate surface area is 123 Å². The van der Waals surface area contributed by atoms with Crippen LogP contribution in [0.3, 0.4) is 0 Å². The molecule has 0 aromatic heterocycles. The number of nitro groups is 1. The molecule has 112 valence electrons. The van der Waals surface area contributed by atoms with Crippen molar-refractivity contribution < 1.29 is 19.2 Å². The summed E-state index contributed by atoms with van der Waals surface area (Å²) in [4.78, 5) is 21.6. The standard InChI is InChI=1S/C14H10FN3O4/c15-11-3-1-9(2-4-11)14(20)17-16-8-10-7-12(18(21)22)5-6-13(10)19/h1-8,19H,(H,17,20)/p-1/b16-8-. The maximum absolute atomic E-state index is 12.7. The average Bonchev–Trinajstić information content (AvgIpc) is 2.49. The Morgan fingerprint density at radius 2 is 1.91 bits per heavy atom. The van der Waals surface area contributed by atoms with E-state index in [1.54, 1.807) is 0 Å². The van der Waals surface area contributed by atoms with Crippen molar-refractivity contribution in [3.05, 3.63) is 69.5 Å². The zero-order chi connectivity index (χ0) is 16.1. The number of rotatable bonds is 4. The van der Waals surface area contributed by atoms with Gasteiger partial charge in [-0.2, -0.15) is 5.10 Å². The summed E-state index contributed by atoms with van der Waals surface area (Å²) < 4.78 is 12.7. The summed E-state index contributed by atoms with van der Waals surface area (Å²) in [5, 5.41) is 25.7. The number of hydrogen-bond donors (Lipinski definition) is 1. The van der Waals surface area contributed by atoms with Gasteiger partial charge in [0, 0.05) is 17.7 Å². The minimum atomic E-state index is -0.645. The van der Waals surface area contributed by atoms with Crippen LogP contribution < -0.4 is 10.5 Å². The van der Waals surface area contributed by atoms with E-state index in [1.165, 1.54) is 12.1 Å². The van der Waals surface area contributed by atoms with Crippen molar-refractivity contribution in [3.8, 4) is 5.75 Å². The predicted octanol–water partition coefficient (Wildman–Crippen LogP) is 1.57. The molecule has 1 amide bonds. The summed E-state index contributed by atoms with van der Waals surface area (Å²) >= 11 is 0. The van der Waals surface area contributed by atoms with Gasteiger partial charge in [0.05, 0.1) is 11.1 Å². The second-order valence-electron chi connectivity index (χ2n) is 4.19. The molecule has 7 nitrogen and oxygen atoms in total. The number of amides is 1. The molecule has 0 radical (unpaired) electrons. The van der Waals surface area contributed by atoms with E-state index in [4.69, 9.17) is 0 Å². The molecule has 0 unspecified atom stereocenters. The summed E-state index contributed by atoms with van der Waals surface area (Å²) in [6.07, 6.45) is 1.01. The fourth-order valence-electron chi connectivity index (χ4n) is 1.58. The Hall–Kier alpha value is -3.29. The van der Waals surface area contributed by atoms with Crippen molar-refractivity contribution >= 4 is 17.8 Å². The van der Waals surface area contributed by atoms with Gasteiger partial charge in [0.2, 0.25) is 0 Å². The fourth-order valence-corrected chi connectivity index (χ4v) is 1.58. The van der Waals surface area contributed by atoms with Crippen LogP contribution in [-0.4, -0.2) is 17.0 Å². The lowest BCUT2D eigenvalue weighted by atomic mass is 10.2. The molecule has 0 aliphatic heterocycles. The van der Waals surface area contributed by atoms with Crippen molar-refractivity contribution in [2.75, 3.05) is 0 Å². The number of nitrogens with one attached hydrogen (secondary N) is 1. The van der Waals surface area contributed by atoms with Gasteiger partial charge >= 0.3 is 0 Å². The van der Waals surface area contributed by atoms with Gasteiger partial charge in [-0.05, 0) is 29.8 Å². The topological polar surface area (TPSA) is 108 Å². The van der Waals surface area contributed by atoms with E-state index in [9.17, 15) is 24.4 Å². The number of hydrogen-bond acceptors (Lipinski definition) is 5. The number of nitro benzene ring substituents is 1. The molecular formula is C14H9FN3O4-. The third-order valence-electron chi connectivity index (χ3n) is 2.68. The number of non-ortho nitro benzene ring substituents is 1. The zero-order valence-corrected chi connectivity index (χ0v) is 11.0. The first-order chi connectivity index (χ1) is 10.5. The van der Waals surface area contributed by atoms with E-state index in [-0.39, 0.29) is 16.8 Å². The molecule has 0 saturated heterocycles. The van der Waals surface area contributed by atoms with Crippen LogP contribution in [0.5, 0.6) is 5.75 Å². The fraction of sp³-hybridized carbons (Fsp3) is 0. The summed E-state index contributed by atoms with van der Waals surface area (Å²) in [6, 6.07) is 7.96. The Morgan fingerprint density at radius 1 is 1.23 bits per heavy atom. The Bertz CT molecular complexity index is 744. The van der Waals surface area contributed by atoms with Crippen LogP contribution in [0.15, 0.2) is 47.6 Å². The smallest absolute Gasteiger partial charge is 0.271 e. The third-order valence-corrected chi connectivity index (χ3v) is 2.68. The van der Waals surface area contributed by atoms with Gasteiger partial charge in [-0.15, -0.1) is 0 Å². The van der Waals surface area contributed by atoms with Gasteiger partial charge in [-0.25, -0.2) is 9.82 Å². The molecule has 22 heavy (non-hydrogen) atoms. The first kappa shape index (κ1) is 15.1. The first-order valence-corrected chi connectivity index (χ1v) is 6.02. The van der Waals surface area contributed by atoms with Crippen LogP contribution in [0.4, 0.5) is 10.1 Å². The van der Waals surface area contributed by atoms with Gasteiger partial charge in [0.25, 0.3) is 11.6 Å². The van der Waals surface area contributed by atoms with E-state index >= 15 is 0 Å². The van der Waals surface area contributed by atoms with Gasteiger partial charge < -0.3 is 5.11 Å². The van der Waals surface area contributed by atoms with Crippen molar-refractivity contribution in [1.82, 2.24) is 5.43 Å². The van der Waals surface area contributed by atoms with Crippen LogP contribution in [0.2, 0.25) is 0 Å². The molecule has 0 saturated carbocycles. The number of hydrazone groups is 1. The lowest BCUT2D eigenvalue weighted by molar-refractivity contribution is -0.385. The molecule has 0 aliphatic rings. The maximum Gasteiger partial charge on any atom is 0.271 e. The second-order valence-corrected chi connectivity index (χ2v) is 4.19. The minimum Gasteiger partial charge on any atom is -0.872 e. The average molecular weight is 302 g/mol. The van der Waals surface area contributed by atoms with E-state index in [1.807, 2.05) is 0 Å². The monoisotopic (exact) mass is 302 g/mol. The predicted molar refractivity (Wildman–Crippen MR) is 74.0 cm³/mol. The van der Waals surface area contributed by atoms with E-state index in [2.05, 4.69) is 10.5 Å². The van der Waals surface area contributed by atoms with Crippen molar-refractivity contribution in [3.63, 3.8) is 0 Å². The largest absolute Gasteiger partial charge is 0.872 e. The van der Waals surface area contributed by atoms with Crippen LogP contribution in [0, 0.1) is 15.9 Å². The van der Waals surface area contributed by atoms with Crippen molar-refractivity contribution in [1.29, 1.82) is 0 Å². The molecule has 8 heteroatoms. The highest BCUT2D eigenvalue weighted by Gasteiger charge is 2.06. The van der Waals surface area contributed by atoms with Crippen molar-refractivity contribution in [2.24, 2.45) is 5.10 Å². The highest BCUT2D eigenvalue weighted by atomic mass is 19.1. The van der Waals surface area contributed by atoms with Crippen LogP contribution in [0.25, 0.3) is 0 Å². The SMILES string of the molecule is O=C(N/N=C\c1cc([N+](=O)[O-])ccc1[O-])c1ccc(F)cc1. The molecule has 0 spiro atoms. The molecule has 0 aliphatic carbocycles. The summed E-state index contributed by atoms with van der Waals surface area (Å²) in [6.45, 7) is 0. The molecule has 2 rings (SSSR count). The lowest BCUT2D eigenvalue weighted by Gasteiger charge is -2.08. The summed E-state index contributed by atoms with van der Waals surface area (Å²) in [7, 11) is 0. The molecule has 1 N–H and O–H groups in total. The first-order valence-electron chi connectivity index (χ1n) is 6.02. The second kappa shape index (κ2) is 6.44. The molecule has 0 atom stereocenters. The molecule has 0 fully saturated rings. The van der Waals surface area contributed by atoms with Crippen LogP contribution in [-0.2, 0) is 0 Å². The molecule has 0 heterocycles. The quantitative estimate of drug-likeness (QED) is 0.525. The van der Waals surface area contributed by atoms with Gasteiger partial charge in [-0.1, -0.05) is 11.8 Å². The Kier molecular flexibility index (Phi) is 4.42. The van der Waals surface area contributed by atoms with E-state index < -0.39 is 22.4 Å².